The zero-order chi connectivity index (χ0) is 15.2. The maximum absolute atomic E-state index is 11.9. The fraction of sp³-hybridized carbons (Fsp3) is 0.562. The van der Waals surface area contributed by atoms with Crippen LogP contribution in [0.5, 0.6) is 11.5 Å². The van der Waals surface area contributed by atoms with Crippen molar-refractivity contribution in [1.29, 1.82) is 0 Å². The van der Waals surface area contributed by atoms with Gasteiger partial charge in [0.1, 0.15) is 6.10 Å². The number of methoxy groups -OCH3 is 1. The molecular formula is C16H24N2O3. The summed E-state index contributed by atoms with van der Waals surface area (Å²) in [6.45, 7) is 2.38. The van der Waals surface area contributed by atoms with Crippen molar-refractivity contribution in [3.8, 4) is 11.5 Å². The zero-order valence-electron chi connectivity index (χ0n) is 12.8. The lowest BCUT2D eigenvalue weighted by Gasteiger charge is -2.30. The topological polar surface area (TPSA) is 64.8 Å². The van der Waals surface area contributed by atoms with Crippen LogP contribution in [-0.4, -0.2) is 50.6 Å². The molecule has 2 rings (SSSR count). The molecule has 0 spiro atoms. The molecule has 1 heterocycles. The molecular weight excluding hydrogens is 268 g/mol. The second-order valence-corrected chi connectivity index (χ2v) is 5.47. The van der Waals surface area contributed by atoms with E-state index in [0.29, 0.717) is 30.0 Å². The van der Waals surface area contributed by atoms with Crippen molar-refractivity contribution in [2.45, 2.75) is 25.4 Å². The van der Waals surface area contributed by atoms with Gasteiger partial charge in [-0.1, -0.05) is 0 Å². The smallest absolute Gasteiger partial charge is 0.164 e. The van der Waals surface area contributed by atoms with E-state index in [4.69, 9.17) is 15.2 Å². The van der Waals surface area contributed by atoms with Crippen LogP contribution in [0.3, 0.4) is 0 Å². The van der Waals surface area contributed by atoms with E-state index in [-0.39, 0.29) is 11.9 Å². The van der Waals surface area contributed by atoms with Crippen LogP contribution in [0.25, 0.3) is 0 Å². The largest absolute Gasteiger partial charge is 0.493 e. The standard InChI is InChI=1S/C16H24N2O3/c1-18-9-3-4-13(11-18)21-15-6-5-12(10-16(15)20-2)14(19)7-8-17/h5-6,10,13H,3-4,7-9,11,17H2,1-2H3. The Bertz CT molecular complexity index is 490. The Labute approximate surface area is 126 Å². The lowest BCUT2D eigenvalue weighted by Crippen LogP contribution is -2.38. The molecule has 1 aliphatic rings. The molecule has 5 nitrogen and oxygen atoms in total. The van der Waals surface area contributed by atoms with Gasteiger partial charge in [0.15, 0.2) is 17.3 Å². The number of carbonyl (C=O) groups is 1. The third-order valence-electron chi connectivity index (χ3n) is 3.73. The van der Waals surface area contributed by atoms with Gasteiger partial charge in [-0.15, -0.1) is 0 Å². The number of hydrogen-bond acceptors (Lipinski definition) is 5. The Hall–Kier alpha value is -1.59. The Balaban J connectivity index is 2.10. The average Bonchev–Trinajstić information content (AvgIpc) is 2.48. The normalized spacial score (nSPS) is 19.3. The van der Waals surface area contributed by atoms with Crippen LogP contribution in [0.1, 0.15) is 29.6 Å². The van der Waals surface area contributed by atoms with Gasteiger partial charge in [-0.25, -0.2) is 0 Å². The summed E-state index contributed by atoms with van der Waals surface area (Å²) >= 11 is 0. The van der Waals surface area contributed by atoms with Crippen molar-refractivity contribution in [3.63, 3.8) is 0 Å². The van der Waals surface area contributed by atoms with E-state index in [9.17, 15) is 4.79 Å². The number of nitrogens with zero attached hydrogens (tertiary/aromatic N) is 1. The highest BCUT2D eigenvalue weighted by Crippen LogP contribution is 2.30. The summed E-state index contributed by atoms with van der Waals surface area (Å²) in [6, 6.07) is 5.33. The summed E-state index contributed by atoms with van der Waals surface area (Å²) in [5.41, 5.74) is 6.04. The Morgan fingerprint density at radius 3 is 2.90 bits per heavy atom. The van der Waals surface area contributed by atoms with E-state index < -0.39 is 0 Å². The summed E-state index contributed by atoms with van der Waals surface area (Å²) in [5, 5.41) is 0. The molecule has 1 aromatic carbocycles. The molecule has 0 aromatic heterocycles. The molecule has 1 unspecified atom stereocenters. The molecule has 21 heavy (non-hydrogen) atoms. The van der Waals surface area contributed by atoms with Gasteiger partial charge in [0.2, 0.25) is 0 Å². The van der Waals surface area contributed by atoms with Crippen LogP contribution >= 0.6 is 0 Å². The molecule has 2 N–H and O–H groups in total. The molecule has 116 valence electrons. The third kappa shape index (κ3) is 4.19. The highest BCUT2D eigenvalue weighted by atomic mass is 16.5. The summed E-state index contributed by atoms with van der Waals surface area (Å²) in [4.78, 5) is 14.1. The third-order valence-corrected chi connectivity index (χ3v) is 3.73. The van der Waals surface area contributed by atoms with Crippen molar-refractivity contribution >= 4 is 5.78 Å². The highest BCUT2D eigenvalue weighted by Gasteiger charge is 2.20. The van der Waals surface area contributed by atoms with E-state index in [0.717, 1.165) is 25.9 Å². The molecule has 0 saturated carbocycles. The highest BCUT2D eigenvalue weighted by molar-refractivity contribution is 5.96. The van der Waals surface area contributed by atoms with Crippen molar-refractivity contribution in [2.24, 2.45) is 5.73 Å². The van der Waals surface area contributed by atoms with Gasteiger partial charge < -0.3 is 20.1 Å². The summed E-state index contributed by atoms with van der Waals surface area (Å²) in [7, 11) is 3.69. The monoisotopic (exact) mass is 292 g/mol. The van der Waals surface area contributed by atoms with Crippen LogP contribution < -0.4 is 15.2 Å². The number of ether oxygens (including phenoxy) is 2. The van der Waals surface area contributed by atoms with E-state index in [1.165, 1.54) is 0 Å². The number of nitrogens with two attached hydrogens (primary N) is 1. The van der Waals surface area contributed by atoms with E-state index in [1.807, 2.05) is 6.07 Å². The van der Waals surface area contributed by atoms with Gasteiger partial charge in [0.25, 0.3) is 0 Å². The molecule has 1 atom stereocenters. The minimum atomic E-state index is 0.0275. The minimum absolute atomic E-state index is 0.0275. The lowest BCUT2D eigenvalue weighted by atomic mass is 10.1. The molecule has 1 saturated heterocycles. The first kappa shape index (κ1) is 15.8. The Morgan fingerprint density at radius 2 is 2.24 bits per heavy atom. The fourth-order valence-electron chi connectivity index (χ4n) is 2.61. The van der Waals surface area contributed by atoms with Crippen LogP contribution in [0, 0.1) is 0 Å². The van der Waals surface area contributed by atoms with E-state index in [1.54, 1.807) is 19.2 Å². The number of rotatable bonds is 6. The maximum atomic E-state index is 11.9. The molecule has 0 aliphatic carbocycles. The maximum Gasteiger partial charge on any atom is 0.164 e. The Morgan fingerprint density at radius 1 is 1.43 bits per heavy atom. The summed E-state index contributed by atoms with van der Waals surface area (Å²) in [5.74, 6) is 1.33. The first-order valence-corrected chi connectivity index (χ1v) is 7.40. The molecule has 1 fully saturated rings. The molecule has 1 aromatic rings. The quantitative estimate of drug-likeness (QED) is 0.808. The molecule has 0 bridgehead atoms. The van der Waals surface area contributed by atoms with Crippen LogP contribution in [0.15, 0.2) is 18.2 Å². The van der Waals surface area contributed by atoms with Crippen LogP contribution in [0.2, 0.25) is 0 Å². The number of ketones is 1. The van der Waals surface area contributed by atoms with E-state index >= 15 is 0 Å². The second-order valence-electron chi connectivity index (χ2n) is 5.47. The van der Waals surface area contributed by atoms with Crippen molar-refractivity contribution in [1.82, 2.24) is 4.90 Å². The number of hydrogen-bond donors (Lipinski definition) is 1. The lowest BCUT2D eigenvalue weighted by molar-refractivity contribution is 0.0981. The number of benzene rings is 1. The molecule has 5 heteroatoms. The van der Waals surface area contributed by atoms with Crippen molar-refractivity contribution in [2.75, 3.05) is 33.8 Å². The number of likely N-dealkylation sites (N-methyl/N-ethyl adjacent to an activating group) is 1. The minimum Gasteiger partial charge on any atom is -0.493 e. The van der Waals surface area contributed by atoms with Crippen molar-refractivity contribution < 1.29 is 14.3 Å². The number of likely N-dealkylation sites (tertiary alicyclic amines) is 1. The van der Waals surface area contributed by atoms with Gasteiger partial charge >= 0.3 is 0 Å². The first-order chi connectivity index (χ1) is 10.1. The van der Waals surface area contributed by atoms with Crippen molar-refractivity contribution in [3.05, 3.63) is 23.8 Å². The summed E-state index contributed by atoms with van der Waals surface area (Å²) in [6.07, 6.45) is 2.69. The predicted molar refractivity (Wildman–Crippen MR) is 82.1 cm³/mol. The molecule has 0 radical (unpaired) electrons. The van der Waals surface area contributed by atoms with Crippen LogP contribution in [0.4, 0.5) is 0 Å². The summed E-state index contributed by atoms with van der Waals surface area (Å²) < 4.78 is 11.4. The van der Waals surface area contributed by atoms with Gasteiger partial charge in [0, 0.05) is 18.5 Å². The fourth-order valence-corrected chi connectivity index (χ4v) is 2.61. The number of Topliss-reactive ketones (excluding diaryl/α,β-unsaturated/α-hetero) is 1. The molecule has 0 amide bonds. The Kier molecular flexibility index (Phi) is 5.59. The first-order valence-electron chi connectivity index (χ1n) is 7.40. The van der Waals surface area contributed by atoms with Gasteiger partial charge in [-0.3, -0.25) is 4.79 Å². The van der Waals surface area contributed by atoms with E-state index in [2.05, 4.69) is 11.9 Å². The second kappa shape index (κ2) is 7.43. The van der Waals surface area contributed by atoms with Crippen LogP contribution in [-0.2, 0) is 0 Å². The number of piperidine rings is 1. The van der Waals surface area contributed by atoms with Gasteiger partial charge in [0.05, 0.1) is 7.11 Å². The SMILES string of the molecule is COc1cc(C(=O)CCN)ccc1OC1CCCN(C)C1. The zero-order valence-corrected chi connectivity index (χ0v) is 12.8. The van der Waals surface area contributed by atoms with Gasteiger partial charge in [-0.2, -0.15) is 0 Å². The average molecular weight is 292 g/mol. The number of carbonyl (C=O) groups excluding carboxylic acids is 1. The molecule has 1 aliphatic heterocycles. The van der Waals surface area contributed by atoms with Gasteiger partial charge in [-0.05, 0) is 51.2 Å². The predicted octanol–water partition coefficient (Wildman–Crippen LogP) is 1.70.